The molecule has 1 amide bonds. The molecule has 0 radical (unpaired) electrons. The molecule has 18 heavy (non-hydrogen) atoms. The molecule has 106 valence electrons. The predicted molar refractivity (Wildman–Crippen MR) is 76.6 cm³/mol. The first-order valence-electron chi connectivity index (χ1n) is 7.75. The first-order valence-corrected chi connectivity index (χ1v) is 7.75. The molecule has 0 aromatic heterocycles. The van der Waals surface area contributed by atoms with Crippen molar-refractivity contribution < 1.29 is 4.79 Å². The van der Waals surface area contributed by atoms with Gasteiger partial charge in [-0.1, -0.05) is 39.0 Å². The van der Waals surface area contributed by atoms with Crippen LogP contribution in [0.25, 0.3) is 0 Å². The maximum absolute atomic E-state index is 11.8. The third-order valence-electron chi connectivity index (χ3n) is 3.75. The number of rotatable bonds is 8. The van der Waals surface area contributed by atoms with E-state index in [4.69, 9.17) is 0 Å². The summed E-state index contributed by atoms with van der Waals surface area (Å²) in [6, 6.07) is 0.937. The summed E-state index contributed by atoms with van der Waals surface area (Å²) in [5.74, 6) is 0.254. The molecular weight excluding hydrogens is 224 g/mol. The molecular formula is C15H30N2O. The van der Waals surface area contributed by atoms with E-state index in [1.165, 1.54) is 32.1 Å². The highest BCUT2D eigenvalue weighted by Crippen LogP contribution is 2.10. The topological polar surface area (TPSA) is 41.1 Å². The standard InChI is InChI=1S/C15H30N2O/c1-3-4-5-6-7-8-9-15(18)17-14-10-11-16-13(2)12-14/h13-14,16H,3-12H2,1-2H3,(H,17,18). The van der Waals surface area contributed by atoms with Crippen molar-refractivity contribution in [3.8, 4) is 0 Å². The van der Waals surface area contributed by atoms with E-state index in [9.17, 15) is 4.79 Å². The maximum atomic E-state index is 11.8. The summed E-state index contributed by atoms with van der Waals surface area (Å²) < 4.78 is 0. The molecule has 1 heterocycles. The second-order valence-corrected chi connectivity index (χ2v) is 5.66. The third-order valence-corrected chi connectivity index (χ3v) is 3.75. The highest BCUT2D eigenvalue weighted by Gasteiger charge is 2.19. The van der Waals surface area contributed by atoms with Crippen molar-refractivity contribution in [1.29, 1.82) is 0 Å². The fraction of sp³-hybridized carbons (Fsp3) is 0.933. The molecule has 1 aliphatic rings. The summed E-state index contributed by atoms with van der Waals surface area (Å²) in [6.07, 6.45) is 10.3. The van der Waals surface area contributed by atoms with Gasteiger partial charge in [-0.3, -0.25) is 4.79 Å². The SMILES string of the molecule is CCCCCCCCC(=O)NC1CCNC(C)C1. The zero-order chi connectivity index (χ0) is 13.2. The normalized spacial score (nSPS) is 23.9. The van der Waals surface area contributed by atoms with Gasteiger partial charge in [0.15, 0.2) is 0 Å². The van der Waals surface area contributed by atoms with Crippen LogP contribution in [0.3, 0.4) is 0 Å². The molecule has 3 heteroatoms. The Hall–Kier alpha value is -0.570. The molecule has 1 saturated heterocycles. The quantitative estimate of drug-likeness (QED) is 0.654. The Morgan fingerprint density at radius 2 is 1.94 bits per heavy atom. The van der Waals surface area contributed by atoms with Crippen LogP contribution in [-0.4, -0.2) is 24.5 Å². The van der Waals surface area contributed by atoms with Crippen LogP contribution in [0.15, 0.2) is 0 Å². The lowest BCUT2D eigenvalue weighted by Gasteiger charge is -2.28. The second-order valence-electron chi connectivity index (χ2n) is 5.66. The lowest BCUT2D eigenvalue weighted by Crippen LogP contribution is -2.46. The minimum atomic E-state index is 0.254. The monoisotopic (exact) mass is 254 g/mol. The Morgan fingerprint density at radius 1 is 1.22 bits per heavy atom. The number of carbonyl (C=O) groups excluding carboxylic acids is 1. The van der Waals surface area contributed by atoms with Gasteiger partial charge in [0.25, 0.3) is 0 Å². The molecule has 0 bridgehead atoms. The van der Waals surface area contributed by atoms with Crippen LogP contribution >= 0.6 is 0 Å². The van der Waals surface area contributed by atoms with Crippen molar-refractivity contribution in [2.75, 3.05) is 6.54 Å². The minimum Gasteiger partial charge on any atom is -0.353 e. The number of hydrogen-bond acceptors (Lipinski definition) is 2. The van der Waals surface area contributed by atoms with Crippen molar-refractivity contribution in [1.82, 2.24) is 10.6 Å². The van der Waals surface area contributed by atoms with Gasteiger partial charge in [0.1, 0.15) is 0 Å². The summed E-state index contributed by atoms with van der Waals surface area (Å²) in [7, 11) is 0. The fourth-order valence-electron chi connectivity index (χ4n) is 2.63. The first kappa shape index (κ1) is 15.5. The number of hydrogen-bond donors (Lipinski definition) is 2. The second kappa shape index (κ2) is 9.37. The fourth-order valence-corrected chi connectivity index (χ4v) is 2.63. The van der Waals surface area contributed by atoms with Gasteiger partial charge in [-0.15, -0.1) is 0 Å². The molecule has 1 fully saturated rings. The van der Waals surface area contributed by atoms with Crippen LogP contribution in [0.1, 0.15) is 71.6 Å². The number of unbranched alkanes of at least 4 members (excludes halogenated alkanes) is 5. The largest absolute Gasteiger partial charge is 0.353 e. The average molecular weight is 254 g/mol. The lowest BCUT2D eigenvalue weighted by atomic mass is 10.0. The van der Waals surface area contributed by atoms with Crippen LogP contribution < -0.4 is 10.6 Å². The molecule has 0 aromatic carbocycles. The van der Waals surface area contributed by atoms with Gasteiger partial charge in [-0.25, -0.2) is 0 Å². The average Bonchev–Trinajstić information content (AvgIpc) is 2.33. The highest BCUT2D eigenvalue weighted by molar-refractivity contribution is 5.76. The van der Waals surface area contributed by atoms with Crippen LogP contribution in [0.4, 0.5) is 0 Å². The summed E-state index contributed by atoms with van der Waals surface area (Å²) in [5.41, 5.74) is 0. The van der Waals surface area contributed by atoms with E-state index in [1.54, 1.807) is 0 Å². The van der Waals surface area contributed by atoms with Gasteiger partial charge < -0.3 is 10.6 Å². The zero-order valence-electron chi connectivity index (χ0n) is 12.1. The summed E-state index contributed by atoms with van der Waals surface area (Å²) in [5, 5.41) is 6.58. The van der Waals surface area contributed by atoms with E-state index in [1.807, 2.05) is 0 Å². The minimum absolute atomic E-state index is 0.254. The Kier molecular flexibility index (Phi) is 8.06. The Bertz CT molecular complexity index is 231. The van der Waals surface area contributed by atoms with Crippen molar-refractivity contribution in [3.05, 3.63) is 0 Å². The number of carbonyl (C=O) groups is 1. The molecule has 2 atom stereocenters. The van der Waals surface area contributed by atoms with Crippen LogP contribution in [0.5, 0.6) is 0 Å². The number of nitrogens with one attached hydrogen (secondary N) is 2. The molecule has 2 N–H and O–H groups in total. The van der Waals surface area contributed by atoms with E-state index in [0.717, 1.165) is 25.8 Å². The molecule has 0 aliphatic carbocycles. The van der Waals surface area contributed by atoms with Gasteiger partial charge in [0.05, 0.1) is 0 Å². The van der Waals surface area contributed by atoms with Crippen molar-refractivity contribution >= 4 is 5.91 Å². The number of amides is 1. The molecule has 0 aromatic rings. The molecule has 2 unspecified atom stereocenters. The Labute approximate surface area is 112 Å². The number of piperidine rings is 1. The molecule has 1 aliphatic heterocycles. The van der Waals surface area contributed by atoms with E-state index in [0.29, 0.717) is 18.5 Å². The van der Waals surface area contributed by atoms with E-state index < -0.39 is 0 Å². The van der Waals surface area contributed by atoms with E-state index in [2.05, 4.69) is 24.5 Å². The van der Waals surface area contributed by atoms with Crippen molar-refractivity contribution in [2.24, 2.45) is 0 Å². The highest BCUT2D eigenvalue weighted by atomic mass is 16.1. The molecule has 0 saturated carbocycles. The lowest BCUT2D eigenvalue weighted by molar-refractivity contribution is -0.122. The third kappa shape index (κ3) is 7.00. The zero-order valence-corrected chi connectivity index (χ0v) is 12.1. The van der Waals surface area contributed by atoms with Gasteiger partial charge in [-0.05, 0) is 32.7 Å². The van der Waals surface area contributed by atoms with Gasteiger partial charge in [0.2, 0.25) is 5.91 Å². The predicted octanol–water partition coefficient (Wildman–Crippen LogP) is 2.99. The summed E-state index contributed by atoms with van der Waals surface area (Å²) in [4.78, 5) is 11.8. The summed E-state index contributed by atoms with van der Waals surface area (Å²) >= 11 is 0. The molecule has 0 spiro atoms. The van der Waals surface area contributed by atoms with Crippen LogP contribution in [-0.2, 0) is 4.79 Å². The smallest absolute Gasteiger partial charge is 0.220 e. The van der Waals surface area contributed by atoms with Crippen molar-refractivity contribution in [2.45, 2.75) is 83.7 Å². The van der Waals surface area contributed by atoms with E-state index in [-0.39, 0.29) is 5.91 Å². The maximum Gasteiger partial charge on any atom is 0.220 e. The van der Waals surface area contributed by atoms with Crippen molar-refractivity contribution in [3.63, 3.8) is 0 Å². The first-order chi connectivity index (χ1) is 8.72. The van der Waals surface area contributed by atoms with Gasteiger partial charge in [-0.2, -0.15) is 0 Å². The molecule has 1 rings (SSSR count). The Balaban J connectivity index is 1.99. The van der Waals surface area contributed by atoms with Crippen LogP contribution in [0, 0.1) is 0 Å². The van der Waals surface area contributed by atoms with Gasteiger partial charge >= 0.3 is 0 Å². The van der Waals surface area contributed by atoms with E-state index >= 15 is 0 Å². The summed E-state index contributed by atoms with van der Waals surface area (Å²) in [6.45, 7) is 5.45. The molecule has 3 nitrogen and oxygen atoms in total. The van der Waals surface area contributed by atoms with Crippen LogP contribution in [0.2, 0.25) is 0 Å². The van der Waals surface area contributed by atoms with Gasteiger partial charge in [0, 0.05) is 18.5 Å². The Morgan fingerprint density at radius 3 is 2.67 bits per heavy atom.